The summed E-state index contributed by atoms with van der Waals surface area (Å²) in [5.74, 6) is 0.781. The molecular formula is C21H23N3O3S. The summed E-state index contributed by atoms with van der Waals surface area (Å²) in [5.41, 5.74) is 4.09. The van der Waals surface area contributed by atoms with Gasteiger partial charge < -0.3 is 4.74 Å². The predicted molar refractivity (Wildman–Crippen MR) is 107 cm³/mol. The van der Waals surface area contributed by atoms with Gasteiger partial charge in [-0.15, -0.1) is 0 Å². The van der Waals surface area contributed by atoms with Crippen molar-refractivity contribution < 1.29 is 13.2 Å². The Morgan fingerprint density at radius 2 is 1.89 bits per heavy atom. The zero-order chi connectivity index (χ0) is 19.9. The zero-order valence-corrected chi connectivity index (χ0v) is 17.0. The van der Waals surface area contributed by atoms with E-state index in [1.807, 2.05) is 48.5 Å². The van der Waals surface area contributed by atoms with E-state index in [1.165, 1.54) is 0 Å². The van der Waals surface area contributed by atoms with Crippen molar-refractivity contribution in [3.05, 3.63) is 76.6 Å². The lowest BCUT2D eigenvalue weighted by Gasteiger charge is -2.37. The van der Waals surface area contributed by atoms with E-state index < -0.39 is 16.1 Å². The van der Waals surface area contributed by atoms with Crippen LogP contribution in [0.3, 0.4) is 0 Å². The molecule has 7 heteroatoms. The topological polar surface area (TPSA) is 75.3 Å². The molecule has 0 saturated heterocycles. The van der Waals surface area contributed by atoms with Gasteiger partial charge in [0.15, 0.2) is 0 Å². The van der Waals surface area contributed by atoms with Gasteiger partial charge in [0.05, 0.1) is 24.5 Å². The number of methoxy groups -OCH3 is 1. The molecule has 0 saturated carbocycles. The lowest BCUT2D eigenvalue weighted by Crippen LogP contribution is -2.40. The van der Waals surface area contributed by atoms with Crippen LogP contribution < -0.4 is 4.74 Å². The minimum Gasteiger partial charge on any atom is -0.497 e. The third-order valence-corrected chi connectivity index (χ3v) is 7.41. The number of benzene rings is 2. The Balaban J connectivity index is 1.89. The summed E-state index contributed by atoms with van der Waals surface area (Å²) < 4.78 is 34.3. The van der Waals surface area contributed by atoms with E-state index >= 15 is 0 Å². The second-order valence-corrected chi connectivity index (χ2v) is 8.83. The number of aromatic amines is 1. The highest BCUT2D eigenvalue weighted by Gasteiger charge is 2.39. The monoisotopic (exact) mass is 397 g/mol. The fourth-order valence-electron chi connectivity index (χ4n) is 3.99. The van der Waals surface area contributed by atoms with Crippen molar-refractivity contribution in [2.45, 2.75) is 31.2 Å². The van der Waals surface area contributed by atoms with Crippen LogP contribution in [0, 0.1) is 13.8 Å². The van der Waals surface area contributed by atoms with Crippen LogP contribution in [0.4, 0.5) is 0 Å². The molecule has 1 atom stereocenters. The van der Waals surface area contributed by atoms with Crippen molar-refractivity contribution in [2.24, 2.45) is 0 Å². The van der Waals surface area contributed by atoms with E-state index in [2.05, 4.69) is 10.2 Å². The van der Waals surface area contributed by atoms with Crippen LogP contribution in [0.1, 0.15) is 34.1 Å². The van der Waals surface area contributed by atoms with Gasteiger partial charge in [-0.05, 0) is 49.1 Å². The molecule has 0 bridgehead atoms. The van der Waals surface area contributed by atoms with Crippen molar-refractivity contribution in [1.29, 1.82) is 0 Å². The molecule has 4 rings (SSSR count). The summed E-state index contributed by atoms with van der Waals surface area (Å²) in [6.45, 7) is 3.86. The first-order valence-corrected chi connectivity index (χ1v) is 10.6. The molecule has 2 aromatic carbocycles. The van der Waals surface area contributed by atoms with Crippen molar-refractivity contribution in [1.82, 2.24) is 14.5 Å². The molecule has 146 valence electrons. The third-order valence-electron chi connectivity index (χ3n) is 5.28. The summed E-state index contributed by atoms with van der Waals surface area (Å²) in [5, 5.41) is 6.89. The SMILES string of the molecule is COc1ccc2c(c1)CCN(S(=O)(=O)c1c(C)n[nH]c1C)C2c1ccccc1. The smallest absolute Gasteiger partial charge is 0.247 e. The van der Waals surface area contributed by atoms with Crippen LogP contribution in [0.5, 0.6) is 5.75 Å². The molecule has 0 spiro atoms. The fraction of sp³-hybridized carbons (Fsp3) is 0.286. The second kappa shape index (κ2) is 7.07. The number of fused-ring (bicyclic) bond motifs is 1. The first-order valence-electron chi connectivity index (χ1n) is 9.18. The summed E-state index contributed by atoms with van der Waals surface area (Å²) >= 11 is 0. The van der Waals surface area contributed by atoms with Crippen LogP contribution in [-0.4, -0.2) is 36.6 Å². The maximum absolute atomic E-state index is 13.6. The lowest BCUT2D eigenvalue weighted by molar-refractivity contribution is 0.342. The van der Waals surface area contributed by atoms with Gasteiger partial charge in [0.2, 0.25) is 10.0 Å². The van der Waals surface area contributed by atoms with Crippen LogP contribution in [-0.2, 0) is 16.4 Å². The third kappa shape index (κ3) is 3.00. The molecule has 2 heterocycles. The zero-order valence-electron chi connectivity index (χ0n) is 16.1. The second-order valence-electron chi connectivity index (χ2n) is 7.01. The van der Waals surface area contributed by atoms with Crippen LogP contribution >= 0.6 is 0 Å². The number of aryl methyl sites for hydroxylation is 2. The Morgan fingerprint density at radius 3 is 2.54 bits per heavy atom. The Morgan fingerprint density at radius 1 is 1.14 bits per heavy atom. The quantitative estimate of drug-likeness (QED) is 0.732. The van der Waals surface area contributed by atoms with Gasteiger partial charge in [0, 0.05) is 6.54 Å². The highest BCUT2D eigenvalue weighted by atomic mass is 32.2. The molecular weight excluding hydrogens is 374 g/mol. The maximum atomic E-state index is 13.6. The van der Waals surface area contributed by atoms with E-state index in [-0.39, 0.29) is 4.90 Å². The van der Waals surface area contributed by atoms with E-state index in [9.17, 15) is 8.42 Å². The molecule has 3 aromatic rings. The molecule has 0 aliphatic carbocycles. The standard InChI is InChI=1S/C21H23N3O3S/c1-14-21(15(2)23-22-14)28(25,26)24-12-11-17-13-18(27-3)9-10-19(17)20(24)16-7-5-4-6-8-16/h4-10,13,20H,11-12H2,1-3H3,(H,22,23). The summed E-state index contributed by atoms with van der Waals surface area (Å²) in [6, 6.07) is 15.2. The highest BCUT2D eigenvalue weighted by molar-refractivity contribution is 7.89. The van der Waals surface area contributed by atoms with E-state index in [1.54, 1.807) is 25.3 Å². The molecule has 0 radical (unpaired) electrons. The Kier molecular flexibility index (Phi) is 4.72. The number of nitrogens with zero attached hydrogens (tertiary/aromatic N) is 2. The Hall–Kier alpha value is -2.64. The van der Waals surface area contributed by atoms with Gasteiger partial charge in [-0.1, -0.05) is 36.4 Å². The first-order chi connectivity index (χ1) is 13.4. The van der Waals surface area contributed by atoms with Gasteiger partial charge in [-0.2, -0.15) is 9.40 Å². The molecule has 6 nitrogen and oxygen atoms in total. The Bertz CT molecular complexity index is 1090. The van der Waals surface area contributed by atoms with Crippen LogP contribution in [0.2, 0.25) is 0 Å². The van der Waals surface area contributed by atoms with E-state index in [0.717, 1.165) is 22.4 Å². The minimum absolute atomic E-state index is 0.269. The number of hydrogen-bond donors (Lipinski definition) is 1. The number of ether oxygens (including phenoxy) is 1. The maximum Gasteiger partial charge on any atom is 0.247 e. The lowest BCUT2D eigenvalue weighted by atomic mass is 9.90. The minimum atomic E-state index is -3.73. The van der Waals surface area contributed by atoms with Crippen LogP contribution in [0.25, 0.3) is 0 Å². The molecule has 1 aliphatic heterocycles. The van der Waals surface area contributed by atoms with Crippen molar-refractivity contribution in [3.8, 4) is 5.75 Å². The summed E-state index contributed by atoms with van der Waals surface area (Å²) in [6.07, 6.45) is 0.630. The molecule has 0 fully saturated rings. The number of rotatable bonds is 4. The molecule has 1 N–H and O–H groups in total. The fourth-order valence-corrected chi connectivity index (χ4v) is 5.92. The van der Waals surface area contributed by atoms with E-state index in [4.69, 9.17) is 4.74 Å². The molecule has 0 amide bonds. The molecule has 1 aromatic heterocycles. The number of H-pyrrole nitrogens is 1. The summed E-state index contributed by atoms with van der Waals surface area (Å²) in [7, 11) is -2.09. The predicted octanol–water partition coefficient (Wildman–Crippen LogP) is 3.37. The number of hydrogen-bond acceptors (Lipinski definition) is 4. The Labute approximate surface area is 165 Å². The van der Waals surface area contributed by atoms with Gasteiger partial charge in [-0.3, -0.25) is 5.10 Å². The van der Waals surface area contributed by atoms with Gasteiger partial charge in [0.1, 0.15) is 10.6 Å². The van der Waals surface area contributed by atoms with Crippen molar-refractivity contribution >= 4 is 10.0 Å². The van der Waals surface area contributed by atoms with Gasteiger partial charge in [0.25, 0.3) is 0 Å². The highest BCUT2D eigenvalue weighted by Crippen LogP contribution is 2.40. The molecule has 28 heavy (non-hydrogen) atoms. The van der Waals surface area contributed by atoms with Crippen molar-refractivity contribution in [3.63, 3.8) is 0 Å². The average molecular weight is 398 g/mol. The van der Waals surface area contributed by atoms with E-state index in [0.29, 0.717) is 24.4 Å². The number of nitrogens with one attached hydrogen (secondary N) is 1. The van der Waals surface area contributed by atoms with Crippen molar-refractivity contribution in [2.75, 3.05) is 13.7 Å². The largest absolute Gasteiger partial charge is 0.497 e. The van der Waals surface area contributed by atoms with Gasteiger partial charge in [-0.25, -0.2) is 8.42 Å². The first kappa shape index (κ1) is 18.7. The van der Waals surface area contributed by atoms with Gasteiger partial charge >= 0.3 is 0 Å². The van der Waals surface area contributed by atoms with Crippen LogP contribution in [0.15, 0.2) is 53.4 Å². The molecule has 1 aliphatic rings. The number of sulfonamides is 1. The normalized spacial score (nSPS) is 17.3. The average Bonchev–Trinajstić information content (AvgIpc) is 3.06. The summed E-state index contributed by atoms with van der Waals surface area (Å²) in [4.78, 5) is 0.269. The number of aromatic nitrogens is 2. The molecule has 1 unspecified atom stereocenters.